The van der Waals surface area contributed by atoms with E-state index in [-0.39, 0.29) is 53.0 Å². The first kappa shape index (κ1) is 30.9. The Morgan fingerprint density at radius 3 is 0.977 bits per heavy atom. The van der Waals surface area contributed by atoms with Crippen LogP contribution in [-0.4, -0.2) is 60.4 Å². The van der Waals surface area contributed by atoms with E-state index in [0.29, 0.717) is 66.1 Å². The Morgan fingerprint density at radius 2 is 0.659 bits per heavy atom. The maximum Gasteiger partial charge on any atom is 0.306 e. The molecule has 44 heavy (non-hydrogen) atoms. The summed E-state index contributed by atoms with van der Waals surface area (Å²) in [7, 11) is 0. The fourth-order valence-electron chi connectivity index (χ4n) is 12.3. The summed E-state index contributed by atoms with van der Waals surface area (Å²) in [5.74, 6) is 3.36. The van der Waals surface area contributed by atoms with E-state index < -0.39 is 5.97 Å². The number of hydrogen-bond donors (Lipinski definition) is 9. The molecule has 5 saturated heterocycles. The summed E-state index contributed by atoms with van der Waals surface area (Å²) in [5.41, 5.74) is 0. The summed E-state index contributed by atoms with van der Waals surface area (Å²) in [6, 6.07) is 0. The van der Waals surface area contributed by atoms with Crippen molar-refractivity contribution in [3.8, 4) is 0 Å². The fraction of sp³-hybridized carbons (Fsp3) is 0.970. The Kier molecular flexibility index (Phi) is 8.85. The van der Waals surface area contributed by atoms with Crippen LogP contribution in [0.15, 0.2) is 0 Å². The summed E-state index contributed by atoms with van der Waals surface area (Å²) in [4.78, 5) is 12.6. The second-order valence-corrected chi connectivity index (χ2v) is 16.1. The SMILES string of the molecule is O=C(O)C1CCCC2C3NC4NC(NC5NC(NC6NC(NC(N3)C12)C1CCCCC61)C1CCCCC51)C1CCCCC41.[Ni]. The van der Waals surface area contributed by atoms with Crippen LogP contribution in [0.3, 0.4) is 0 Å². The van der Waals surface area contributed by atoms with Gasteiger partial charge in [0.1, 0.15) is 0 Å². The zero-order valence-corrected chi connectivity index (χ0v) is 27.1. The molecule has 9 N–H and O–H groups in total. The van der Waals surface area contributed by atoms with Crippen LogP contribution in [0.2, 0.25) is 0 Å². The third-order valence-electron chi connectivity index (χ3n) is 14.2. The third-order valence-corrected chi connectivity index (χ3v) is 14.2. The Labute approximate surface area is 273 Å². The molecule has 10 nitrogen and oxygen atoms in total. The largest absolute Gasteiger partial charge is 0.481 e. The molecule has 250 valence electrons. The van der Waals surface area contributed by atoms with Crippen molar-refractivity contribution >= 4 is 5.97 Å². The number of aliphatic carboxylic acids is 1. The molecule has 17 atom stereocenters. The van der Waals surface area contributed by atoms with E-state index >= 15 is 0 Å². The van der Waals surface area contributed by atoms with Gasteiger partial charge in [-0.3, -0.25) is 47.3 Å². The Morgan fingerprint density at radius 1 is 0.386 bits per heavy atom. The molecule has 9 aliphatic rings. The molecule has 4 aliphatic carbocycles. The molecule has 4 saturated carbocycles. The van der Waals surface area contributed by atoms with Gasteiger partial charge in [-0.2, -0.15) is 0 Å². The Hall–Kier alpha value is -0.356. The molecule has 0 aromatic carbocycles. The minimum Gasteiger partial charge on any atom is -0.481 e. The molecular weight excluding hydrogens is 599 g/mol. The molecule has 0 aromatic rings. The summed E-state index contributed by atoms with van der Waals surface area (Å²) >= 11 is 0. The number of carboxylic acid groups (broad SMARTS) is 1. The van der Waals surface area contributed by atoms with Crippen LogP contribution in [0.25, 0.3) is 0 Å². The fourth-order valence-corrected chi connectivity index (χ4v) is 12.3. The van der Waals surface area contributed by atoms with Crippen LogP contribution in [0, 0.1) is 53.3 Å². The van der Waals surface area contributed by atoms with Gasteiger partial charge in [0.2, 0.25) is 0 Å². The van der Waals surface area contributed by atoms with Gasteiger partial charge >= 0.3 is 5.97 Å². The molecular formula is C33H56N8NiO2. The van der Waals surface area contributed by atoms with Gasteiger partial charge in [0, 0.05) is 22.4 Å². The van der Waals surface area contributed by atoms with Crippen LogP contribution in [0.1, 0.15) is 96.3 Å². The van der Waals surface area contributed by atoms with Crippen LogP contribution < -0.4 is 42.5 Å². The maximum absolute atomic E-state index is 12.6. The predicted molar refractivity (Wildman–Crippen MR) is 164 cm³/mol. The Bertz CT molecular complexity index is 1050. The molecule has 17 unspecified atom stereocenters. The average molecular weight is 656 g/mol. The zero-order chi connectivity index (χ0) is 28.7. The number of fused-ring (bicyclic) bond motifs is 20. The number of rotatable bonds is 1. The Balaban J connectivity index is 0.00000289. The van der Waals surface area contributed by atoms with Crippen LogP contribution >= 0.6 is 0 Å². The molecule has 0 amide bonds. The first-order chi connectivity index (χ1) is 21.1. The van der Waals surface area contributed by atoms with Crippen molar-refractivity contribution in [2.75, 3.05) is 0 Å². The van der Waals surface area contributed by atoms with Crippen molar-refractivity contribution in [2.24, 2.45) is 53.3 Å². The van der Waals surface area contributed by atoms with Crippen molar-refractivity contribution in [2.45, 2.75) is 146 Å². The van der Waals surface area contributed by atoms with Gasteiger partial charge in [-0.1, -0.05) is 44.9 Å². The quantitative estimate of drug-likeness (QED) is 0.193. The smallest absolute Gasteiger partial charge is 0.306 e. The van der Waals surface area contributed by atoms with Gasteiger partial charge < -0.3 is 5.11 Å². The normalized spacial score (nSPS) is 54.8. The van der Waals surface area contributed by atoms with E-state index in [0.717, 1.165) is 19.3 Å². The minimum atomic E-state index is -0.607. The summed E-state index contributed by atoms with van der Waals surface area (Å²) in [6.07, 6.45) is 20.5. The average Bonchev–Trinajstić information content (AvgIpc) is 3.76. The molecule has 0 aromatic heterocycles. The number of nitrogens with one attached hydrogen (secondary N) is 8. The molecule has 9 fully saturated rings. The van der Waals surface area contributed by atoms with Gasteiger partial charge in [-0.05, 0) is 92.8 Å². The van der Waals surface area contributed by atoms with Crippen LogP contribution in [0.4, 0.5) is 0 Å². The second-order valence-electron chi connectivity index (χ2n) is 16.1. The summed E-state index contributed by atoms with van der Waals surface area (Å²) < 4.78 is 0. The van der Waals surface area contributed by atoms with Gasteiger partial charge in [0.15, 0.2) is 0 Å². The van der Waals surface area contributed by atoms with E-state index in [4.69, 9.17) is 0 Å². The van der Waals surface area contributed by atoms with E-state index in [1.165, 1.54) is 77.0 Å². The summed E-state index contributed by atoms with van der Waals surface area (Å²) in [5, 5.41) is 43.3. The molecule has 11 heteroatoms. The topological polar surface area (TPSA) is 134 Å². The van der Waals surface area contributed by atoms with E-state index in [1.54, 1.807) is 0 Å². The monoisotopic (exact) mass is 654 g/mol. The van der Waals surface area contributed by atoms with Crippen molar-refractivity contribution in [1.82, 2.24) is 42.5 Å². The molecule has 5 heterocycles. The summed E-state index contributed by atoms with van der Waals surface area (Å²) in [6.45, 7) is 0. The van der Waals surface area contributed by atoms with Crippen molar-refractivity contribution < 1.29 is 26.4 Å². The first-order valence-electron chi connectivity index (χ1n) is 18.4. The van der Waals surface area contributed by atoms with Crippen molar-refractivity contribution in [3.63, 3.8) is 0 Å². The van der Waals surface area contributed by atoms with Gasteiger partial charge in [-0.15, -0.1) is 0 Å². The number of carboxylic acids is 1. The minimum absolute atomic E-state index is 0. The van der Waals surface area contributed by atoms with Gasteiger partial charge in [0.05, 0.1) is 55.2 Å². The zero-order valence-electron chi connectivity index (χ0n) is 26.1. The van der Waals surface area contributed by atoms with Gasteiger partial charge in [-0.25, -0.2) is 0 Å². The third kappa shape index (κ3) is 5.23. The molecule has 5 aliphatic heterocycles. The van der Waals surface area contributed by atoms with E-state index in [2.05, 4.69) is 42.5 Å². The van der Waals surface area contributed by atoms with Crippen LogP contribution in [0.5, 0.6) is 0 Å². The molecule has 9 rings (SSSR count). The standard InChI is InChI=1S/C33H56N8O2.Ni/c42-33(43)23-15-7-14-22-24(23)32-40-30-21-13-6-5-12-20(21)28(38-30)36-26-17-9-2-1-8-16(17)25(34-26)35-27-18-10-3-4-11-19(18)29(37-27)39-31(22)41-32;/h16-32,34-41H,1-15H2,(H,42,43);. The van der Waals surface area contributed by atoms with Crippen LogP contribution in [-0.2, 0) is 21.3 Å². The van der Waals surface area contributed by atoms with Crippen molar-refractivity contribution in [3.05, 3.63) is 0 Å². The number of hydrogen-bond acceptors (Lipinski definition) is 9. The number of carbonyl (C=O) groups is 1. The van der Waals surface area contributed by atoms with E-state index in [9.17, 15) is 9.90 Å². The molecule has 8 bridgehead atoms. The molecule has 0 radical (unpaired) electrons. The van der Waals surface area contributed by atoms with E-state index in [1.807, 2.05) is 0 Å². The second kappa shape index (κ2) is 12.6. The van der Waals surface area contributed by atoms with Crippen molar-refractivity contribution in [1.29, 1.82) is 0 Å². The maximum atomic E-state index is 12.6. The van der Waals surface area contributed by atoms with Gasteiger partial charge in [0.25, 0.3) is 0 Å². The first-order valence-corrected chi connectivity index (χ1v) is 18.4. The predicted octanol–water partition coefficient (Wildman–Crippen LogP) is 1.91. The molecule has 0 spiro atoms.